The van der Waals surface area contributed by atoms with Crippen LogP contribution >= 0.6 is 24.0 Å². The Morgan fingerprint density at radius 1 is 1.25 bits per heavy atom. The van der Waals surface area contributed by atoms with E-state index in [2.05, 4.69) is 47.6 Å². The Labute approximate surface area is 184 Å². The van der Waals surface area contributed by atoms with Crippen LogP contribution in [0.1, 0.15) is 23.1 Å². The summed E-state index contributed by atoms with van der Waals surface area (Å²) in [6.07, 6.45) is 1.98. The zero-order valence-corrected chi connectivity index (χ0v) is 18.7. The Hall–Kier alpha value is -1.80. The fourth-order valence-electron chi connectivity index (χ4n) is 3.05. The molecule has 0 spiro atoms. The molecule has 6 heteroatoms. The number of nitrogens with one attached hydrogen (secondary N) is 1. The number of hydrogen-bond donors (Lipinski definition) is 2. The third-order valence-electron chi connectivity index (χ3n) is 4.70. The molecule has 1 aliphatic heterocycles. The van der Waals surface area contributed by atoms with E-state index in [-0.39, 0.29) is 24.0 Å². The predicted molar refractivity (Wildman–Crippen MR) is 124 cm³/mol. The summed E-state index contributed by atoms with van der Waals surface area (Å²) >= 11 is 0. The SMILES string of the molecule is Cc1ccc(CN=C(N)NCCc2ccccc2)c(OCC2CCOC2)c1.I. The summed E-state index contributed by atoms with van der Waals surface area (Å²) in [4.78, 5) is 4.47. The van der Waals surface area contributed by atoms with Gasteiger partial charge in [0.05, 0.1) is 19.8 Å². The predicted octanol–water partition coefficient (Wildman–Crippen LogP) is 3.68. The minimum Gasteiger partial charge on any atom is -0.493 e. The molecule has 1 heterocycles. The van der Waals surface area contributed by atoms with Crippen molar-refractivity contribution in [2.45, 2.75) is 26.3 Å². The van der Waals surface area contributed by atoms with Gasteiger partial charge < -0.3 is 20.5 Å². The van der Waals surface area contributed by atoms with Crippen LogP contribution < -0.4 is 15.8 Å². The van der Waals surface area contributed by atoms with Gasteiger partial charge in [0.2, 0.25) is 0 Å². The number of aliphatic imine (C=N–C) groups is 1. The third kappa shape index (κ3) is 7.31. The maximum atomic E-state index is 6.06. The fourth-order valence-corrected chi connectivity index (χ4v) is 3.05. The lowest BCUT2D eigenvalue weighted by Crippen LogP contribution is -2.33. The number of nitrogens with zero attached hydrogens (tertiary/aromatic N) is 1. The van der Waals surface area contributed by atoms with Crippen LogP contribution in [0, 0.1) is 12.8 Å². The summed E-state index contributed by atoms with van der Waals surface area (Å²) < 4.78 is 11.5. The van der Waals surface area contributed by atoms with E-state index in [4.69, 9.17) is 15.2 Å². The second-order valence-electron chi connectivity index (χ2n) is 7.02. The highest BCUT2D eigenvalue weighted by Gasteiger charge is 2.17. The molecule has 152 valence electrons. The molecule has 0 radical (unpaired) electrons. The highest BCUT2D eigenvalue weighted by molar-refractivity contribution is 14.0. The number of benzene rings is 2. The van der Waals surface area contributed by atoms with Gasteiger partial charge in [-0.3, -0.25) is 0 Å². The summed E-state index contributed by atoms with van der Waals surface area (Å²) in [6, 6.07) is 16.5. The standard InChI is InChI=1S/C22H29N3O2.HI/c1-17-7-8-20(21(13-17)27-16-19-10-12-26-15-19)14-25-22(23)24-11-9-18-5-3-2-4-6-18;/h2-8,13,19H,9-12,14-16H2,1H3,(H3,23,24,25);1H. The van der Waals surface area contributed by atoms with E-state index < -0.39 is 0 Å². The first kappa shape index (κ1) is 22.5. The molecule has 3 rings (SSSR count). The zero-order valence-electron chi connectivity index (χ0n) is 16.4. The summed E-state index contributed by atoms with van der Waals surface area (Å²) in [5, 5.41) is 3.18. The van der Waals surface area contributed by atoms with E-state index in [1.165, 1.54) is 11.1 Å². The largest absolute Gasteiger partial charge is 0.493 e. The minimum atomic E-state index is 0. The molecule has 0 aromatic heterocycles. The highest BCUT2D eigenvalue weighted by Crippen LogP contribution is 2.23. The first-order valence-electron chi connectivity index (χ1n) is 9.58. The first-order valence-corrected chi connectivity index (χ1v) is 9.58. The molecule has 1 saturated heterocycles. The van der Waals surface area contributed by atoms with Crippen molar-refractivity contribution in [3.8, 4) is 5.75 Å². The molecule has 1 fully saturated rings. The van der Waals surface area contributed by atoms with Crippen LogP contribution in [0.4, 0.5) is 0 Å². The topological polar surface area (TPSA) is 68.9 Å². The lowest BCUT2D eigenvalue weighted by Gasteiger charge is -2.14. The van der Waals surface area contributed by atoms with Gasteiger partial charge in [-0.1, -0.05) is 42.5 Å². The van der Waals surface area contributed by atoms with Gasteiger partial charge in [0, 0.05) is 24.6 Å². The number of guanidine groups is 1. The third-order valence-corrected chi connectivity index (χ3v) is 4.70. The summed E-state index contributed by atoms with van der Waals surface area (Å²) in [7, 11) is 0. The lowest BCUT2D eigenvalue weighted by molar-refractivity contribution is 0.166. The molecule has 5 nitrogen and oxygen atoms in total. The maximum Gasteiger partial charge on any atom is 0.188 e. The second kappa shape index (κ2) is 11.9. The van der Waals surface area contributed by atoms with E-state index >= 15 is 0 Å². The van der Waals surface area contributed by atoms with Gasteiger partial charge in [-0.15, -0.1) is 24.0 Å². The molecule has 1 atom stereocenters. The van der Waals surface area contributed by atoms with Crippen molar-refractivity contribution in [1.82, 2.24) is 5.32 Å². The van der Waals surface area contributed by atoms with E-state index in [9.17, 15) is 0 Å². The molecular weight excluding hydrogens is 465 g/mol. The average molecular weight is 495 g/mol. The molecule has 1 unspecified atom stereocenters. The molecule has 0 saturated carbocycles. The van der Waals surface area contributed by atoms with Gasteiger partial charge in [-0.2, -0.15) is 0 Å². The minimum absolute atomic E-state index is 0. The number of hydrogen-bond acceptors (Lipinski definition) is 3. The Morgan fingerprint density at radius 2 is 2.07 bits per heavy atom. The Morgan fingerprint density at radius 3 is 2.82 bits per heavy atom. The number of aryl methyl sites for hydroxylation is 1. The normalized spacial score (nSPS) is 16.5. The number of halogens is 1. The molecule has 1 aliphatic rings. The van der Waals surface area contributed by atoms with Crippen molar-refractivity contribution in [2.24, 2.45) is 16.6 Å². The lowest BCUT2D eigenvalue weighted by atomic mass is 10.1. The van der Waals surface area contributed by atoms with Crippen molar-refractivity contribution in [3.05, 3.63) is 65.2 Å². The van der Waals surface area contributed by atoms with Gasteiger partial charge in [0.1, 0.15) is 5.75 Å². The maximum absolute atomic E-state index is 6.06. The Kier molecular flexibility index (Phi) is 9.57. The van der Waals surface area contributed by atoms with Gasteiger partial charge in [0.25, 0.3) is 0 Å². The van der Waals surface area contributed by atoms with Gasteiger partial charge in [0.15, 0.2) is 5.96 Å². The molecule has 3 N–H and O–H groups in total. The van der Waals surface area contributed by atoms with E-state index in [1.54, 1.807) is 0 Å². The molecule has 2 aromatic carbocycles. The first-order chi connectivity index (χ1) is 13.2. The molecule has 28 heavy (non-hydrogen) atoms. The summed E-state index contributed by atoms with van der Waals surface area (Å²) in [5.74, 6) is 1.83. The van der Waals surface area contributed by atoms with Crippen molar-refractivity contribution in [2.75, 3.05) is 26.4 Å². The fraction of sp³-hybridized carbons (Fsp3) is 0.409. The molecule has 0 aliphatic carbocycles. The van der Waals surface area contributed by atoms with Crippen LogP contribution in [-0.2, 0) is 17.7 Å². The smallest absolute Gasteiger partial charge is 0.188 e. The monoisotopic (exact) mass is 495 g/mol. The van der Waals surface area contributed by atoms with Crippen LogP contribution in [0.3, 0.4) is 0 Å². The van der Waals surface area contributed by atoms with E-state index in [0.29, 0.717) is 25.0 Å². The van der Waals surface area contributed by atoms with Crippen LogP contribution in [0.15, 0.2) is 53.5 Å². The molecule has 0 bridgehead atoms. The average Bonchev–Trinajstić information content (AvgIpc) is 3.20. The van der Waals surface area contributed by atoms with Crippen LogP contribution in [-0.4, -0.2) is 32.3 Å². The Bertz CT molecular complexity index is 747. The van der Waals surface area contributed by atoms with E-state index in [1.807, 2.05) is 18.2 Å². The van der Waals surface area contributed by atoms with Gasteiger partial charge in [-0.05, 0) is 37.0 Å². The van der Waals surface area contributed by atoms with E-state index in [0.717, 1.165) is 43.9 Å². The number of ether oxygens (including phenoxy) is 2. The van der Waals surface area contributed by atoms with Crippen LogP contribution in [0.2, 0.25) is 0 Å². The Balaban J connectivity index is 0.00000280. The summed E-state index contributed by atoms with van der Waals surface area (Å²) in [5.41, 5.74) is 9.52. The quantitative estimate of drug-likeness (QED) is 0.333. The van der Waals surface area contributed by atoms with Crippen LogP contribution in [0.25, 0.3) is 0 Å². The van der Waals surface area contributed by atoms with Crippen molar-refractivity contribution in [3.63, 3.8) is 0 Å². The second-order valence-corrected chi connectivity index (χ2v) is 7.02. The molecule has 0 amide bonds. The van der Waals surface area contributed by atoms with Crippen LogP contribution in [0.5, 0.6) is 5.75 Å². The number of nitrogens with two attached hydrogens (primary N) is 1. The summed E-state index contributed by atoms with van der Waals surface area (Å²) in [6.45, 7) is 5.64. The zero-order chi connectivity index (χ0) is 18.9. The number of rotatable bonds is 8. The van der Waals surface area contributed by atoms with Crippen molar-refractivity contribution >= 4 is 29.9 Å². The van der Waals surface area contributed by atoms with Gasteiger partial charge in [-0.25, -0.2) is 4.99 Å². The van der Waals surface area contributed by atoms with Gasteiger partial charge >= 0.3 is 0 Å². The van der Waals surface area contributed by atoms with Crippen molar-refractivity contribution in [1.29, 1.82) is 0 Å². The molecule has 2 aromatic rings. The van der Waals surface area contributed by atoms with Crippen molar-refractivity contribution < 1.29 is 9.47 Å². The molecular formula is C22H30IN3O2. The highest BCUT2D eigenvalue weighted by atomic mass is 127.